The van der Waals surface area contributed by atoms with Gasteiger partial charge in [0.05, 0.1) is 60.1 Å². The van der Waals surface area contributed by atoms with E-state index in [1.54, 1.807) is 19.2 Å². The third kappa shape index (κ3) is 5.88. The number of hydrogen-bond donors (Lipinski definition) is 2. The molecule has 2 N–H and O–H groups in total. The van der Waals surface area contributed by atoms with Crippen molar-refractivity contribution in [1.82, 2.24) is 24.5 Å². The molecule has 14 nitrogen and oxygen atoms in total. The lowest BCUT2D eigenvalue weighted by molar-refractivity contribution is -0.0660. The Hall–Kier alpha value is -5.31. The minimum absolute atomic E-state index is 0.152. The Morgan fingerprint density at radius 3 is 2.74 bits per heavy atom. The monoisotopic (exact) mass is 642 g/mol. The highest BCUT2D eigenvalue weighted by atomic mass is 35.5. The highest BCUT2D eigenvalue weighted by Gasteiger charge is 2.40. The van der Waals surface area contributed by atoms with E-state index in [1.165, 1.54) is 15.6 Å². The number of nitriles is 2. The van der Waals surface area contributed by atoms with Crippen LogP contribution in [0.3, 0.4) is 0 Å². The van der Waals surface area contributed by atoms with Crippen LogP contribution in [-0.2, 0) is 11.3 Å². The molecule has 2 atom stereocenters. The Kier molecular flexibility index (Phi) is 8.66. The highest BCUT2D eigenvalue weighted by Crippen LogP contribution is 2.38. The Morgan fingerprint density at radius 2 is 2.04 bits per heavy atom. The summed E-state index contributed by atoms with van der Waals surface area (Å²) >= 11 is 6.99. The number of piperidine rings is 1. The van der Waals surface area contributed by atoms with Crippen LogP contribution in [0.4, 0.5) is 27.9 Å². The Balaban J connectivity index is 1.34. The van der Waals surface area contributed by atoms with Gasteiger partial charge in [0.1, 0.15) is 11.8 Å². The molecule has 2 aromatic heterocycles. The highest BCUT2D eigenvalue weighted by molar-refractivity contribution is 6.36. The molecular formula is C31H31ClN10O4. The topological polar surface area (TPSA) is 168 Å². The fraction of sp³-hybridized carbons (Fsp3) is 0.355. The Bertz CT molecular complexity index is 1850. The first-order chi connectivity index (χ1) is 22.3. The first-order valence-electron chi connectivity index (χ1n) is 14.7. The van der Waals surface area contributed by atoms with Crippen molar-refractivity contribution in [3.8, 4) is 17.9 Å². The van der Waals surface area contributed by atoms with Gasteiger partial charge in [0, 0.05) is 32.7 Å². The van der Waals surface area contributed by atoms with Crippen molar-refractivity contribution in [1.29, 1.82) is 10.5 Å². The molecule has 2 aliphatic heterocycles. The van der Waals surface area contributed by atoms with Crippen LogP contribution in [0.5, 0.6) is 5.75 Å². The molecule has 0 aliphatic carbocycles. The van der Waals surface area contributed by atoms with Crippen LogP contribution in [0.2, 0.25) is 5.02 Å². The van der Waals surface area contributed by atoms with Crippen LogP contribution in [0.1, 0.15) is 30.2 Å². The van der Waals surface area contributed by atoms with Crippen LogP contribution in [0.25, 0.3) is 5.65 Å². The number of imidazole rings is 1. The second-order valence-corrected chi connectivity index (χ2v) is 11.3. The summed E-state index contributed by atoms with van der Waals surface area (Å²) in [7, 11) is 1.62. The Morgan fingerprint density at radius 1 is 1.24 bits per heavy atom. The van der Waals surface area contributed by atoms with E-state index < -0.39 is 6.09 Å². The number of methoxy groups -OCH3 is 1. The lowest BCUT2D eigenvalue weighted by Crippen LogP contribution is -2.60. The number of benzene rings is 2. The van der Waals surface area contributed by atoms with E-state index in [4.69, 9.17) is 26.1 Å². The maximum atomic E-state index is 11.8. The molecule has 0 bridgehead atoms. The van der Waals surface area contributed by atoms with Crippen molar-refractivity contribution in [3.05, 3.63) is 64.4 Å². The van der Waals surface area contributed by atoms with Crippen LogP contribution in [0, 0.1) is 22.7 Å². The molecule has 2 saturated heterocycles. The summed E-state index contributed by atoms with van der Waals surface area (Å²) in [5.41, 5.74) is 3.03. The number of rotatable bonds is 8. The normalized spacial score (nSPS) is 17.6. The second-order valence-electron chi connectivity index (χ2n) is 10.9. The fourth-order valence-electron chi connectivity index (χ4n) is 5.96. The smallest absolute Gasteiger partial charge is 0.407 e. The summed E-state index contributed by atoms with van der Waals surface area (Å²) in [5.74, 6) is 1.41. The van der Waals surface area contributed by atoms with Gasteiger partial charge in [0.25, 0.3) is 0 Å². The molecule has 2 fully saturated rings. The number of carboxylic acid groups (broad SMARTS) is 1. The van der Waals surface area contributed by atoms with E-state index in [0.29, 0.717) is 79.2 Å². The zero-order chi connectivity index (χ0) is 32.4. The first-order valence-corrected chi connectivity index (χ1v) is 15.1. The van der Waals surface area contributed by atoms with E-state index in [-0.39, 0.29) is 23.8 Å². The standard InChI is InChI=1S/C31H31ClN10O4/c1-3-39(17-19-4-6-22(45-2)7-5-19)29-28-35-16-21(15-34)42(28)38-30(37-29)36-23-12-20(14-33)13-25(27(23)32)40-9-8-24-26(18-40)46-11-10-41(24)31(43)44/h4-7,12-13,16,24,26H,3,8-11,17-18H2,1-2H3,(H,36,38)(H,43,44). The number of anilines is 4. The average Bonchev–Trinajstić information content (AvgIpc) is 3.50. The minimum Gasteiger partial charge on any atom is -0.497 e. The number of nitrogens with zero attached hydrogens (tertiary/aromatic N) is 9. The summed E-state index contributed by atoms with van der Waals surface area (Å²) in [5, 5.41) is 37.4. The summed E-state index contributed by atoms with van der Waals surface area (Å²) in [6.45, 7) is 4.67. The number of amides is 1. The third-order valence-electron chi connectivity index (χ3n) is 8.28. The van der Waals surface area contributed by atoms with E-state index in [0.717, 1.165) is 11.3 Å². The van der Waals surface area contributed by atoms with Crippen LogP contribution >= 0.6 is 11.6 Å². The molecule has 15 heteroatoms. The molecule has 0 saturated carbocycles. The maximum absolute atomic E-state index is 11.8. The zero-order valence-corrected chi connectivity index (χ0v) is 26.0. The number of morpholine rings is 1. The van der Waals surface area contributed by atoms with Crippen LogP contribution in [0.15, 0.2) is 42.6 Å². The quantitative estimate of drug-likeness (QED) is 0.281. The molecule has 46 heavy (non-hydrogen) atoms. The summed E-state index contributed by atoms with van der Waals surface area (Å²) in [6, 6.07) is 15.1. The zero-order valence-electron chi connectivity index (χ0n) is 25.2. The SMILES string of the molecule is CCN(Cc1ccc(OC)cc1)c1nc(Nc2cc(C#N)cc(N3CCC4C(C3)OCCN4C(=O)O)c2Cl)nn2c(C#N)cnc12. The Labute approximate surface area is 269 Å². The molecule has 4 aromatic rings. The van der Waals surface area contributed by atoms with Gasteiger partial charge in [-0.05, 0) is 43.2 Å². The second kappa shape index (κ2) is 13.0. The van der Waals surface area contributed by atoms with E-state index in [2.05, 4.69) is 27.5 Å². The predicted molar refractivity (Wildman–Crippen MR) is 170 cm³/mol. The number of fused-ring (bicyclic) bond motifs is 2. The van der Waals surface area contributed by atoms with Gasteiger partial charge in [-0.15, -0.1) is 5.10 Å². The van der Waals surface area contributed by atoms with Crippen molar-refractivity contribution >= 4 is 46.5 Å². The first kappa shape index (κ1) is 30.7. The molecule has 0 radical (unpaired) electrons. The number of aromatic nitrogens is 4. The van der Waals surface area contributed by atoms with E-state index >= 15 is 0 Å². The average molecular weight is 643 g/mol. The molecule has 6 rings (SSSR count). The van der Waals surface area contributed by atoms with Crippen molar-refractivity contribution in [2.75, 3.05) is 55.0 Å². The van der Waals surface area contributed by atoms with E-state index in [9.17, 15) is 20.4 Å². The molecular weight excluding hydrogens is 612 g/mol. The van der Waals surface area contributed by atoms with Crippen molar-refractivity contribution in [2.24, 2.45) is 0 Å². The van der Waals surface area contributed by atoms with Gasteiger partial charge in [-0.2, -0.15) is 20.0 Å². The van der Waals surface area contributed by atoms with Crippen LogP contribution < -0.4 is 19.9 Å². The number of hydrogen-bond acceptors (Lipinski definition) is 11. The number of ether oxygens (including phenoxy) is 2. The lowest BCUT2D eigenvalue weighted by atomic mass is 9.97. The maximum Gasteiger partial charge on any atom is 0.407 e. The molecule has 4 heterocycles. The molecule has 2 aliphatic rings. The summed E-state index contributed by atoms with van der Waals surface area (Å²) in [4.78, 5) is 26.5. The van der Waals surface area contributed by atoms with Crippen molar-refractivity contribution < 1.29 is 19.4 Å². The molecule has 2 aromatic carbocycles. The number of nitrogens with one attached hydrogen (secondary N) is 1. The van der Waals surface area contributed by atoms with Gasteiger partial charge in [-0.3, -0.25) is 0 Å². The molecule has 2 unspecified atom stereocenters. The summed E-state index contributed by atoms with van der Waals surface area (Å²) in [6.07, 6.45) is 0.709. The van der Waals surface area contributed by atoms with Crippen LogP contribution in [-0.4, -0.2) is 87.7 Å². The molecule has 0 spiro atoms. The largest absolute Gasteiger partial charge is 0.497 e. The molecule has 236 valence electrons. The number of halogens is 1. The van der Waals surface area contributed by atoms with Crippen molar-refractivity contribution in [2.45, 2.75) is 32.0 Å². The predicted octanol–water partition coefficient (Wildman–Crippen LogP) is 4.26. The van der Waals surface area contributed by atoms with E-state index in [1.807, 2.05) is 41.0 Å². The van der Waals surface area contributed by atoms with Gasteiger partial charge in [-0.25, -0.2) is 9.78 Å². The van der Waals surface area contributed by atoms with Gasteiger partial charge < -0.3 is 34.6 Å². The fourth-order valence-corrected chi connectivity index (χ4v) is 6.24. The molecule has 1 amide bonds. The van der Waals surface area contributed by atoms with Gasteiger partial charge >= 0.3 is 6.09 Å². The van der Waals surface area contributed by atoms with Gasteiger partial charge in [-0.1, -0.05) is 23.7 Å². The summed E-state index contributed by atoms with van der Waals surface area (Å²) < 4.78 is 12.7. The third-order valence-corrected chi connectivity index (χ3v) is 8.67. The van der Waals surface area contributed by atoms with Gasteiger partial charge in [0.15, 0.2) is 17.2 Å². The number of carbonyl (C=O) groups is 1. The lowest BCUT2D eigenvalue weighted by Gasteiger charge is -2.46. The van der Waals surface area contributed by atoms with Crippen molar-refractivity contribution in [3.63, 3.8) is 0 Å². The van der Waals surface area contributed by atoms with Gasteiger partial charge in [0.2, 0.25) is 5.95 Å². The minimum atomic E-state index is -0.956.